The van der Waals surface area contributed by atoms with Crippen LogP contribution in [0.5, 0.6) is 5.75 Å². The quantitative estimate of drug-likeness (QED) is 0.687. The van der Waals surface area contributed by atoms with E-state index < -0.39 is 35.3 Å². The third-order valence-electron chi connectivity index (χ3n) is 2.68. The van der Waals surface area contributed by atoms with E-state index in [9.17, 15) is 19.5 Å². The maximum Gasteiger partial charge on any atom is 0.322 e. The van der Waals surface area contributed by atoms with Crippen molar-refractivity contribution in [2.45, 2.75) is 4.34 Å². The molecule has 0 saturated carbocycles. The van der Waals surface area contributed by atoms with E-state index in [0.717, 1.165) is 15.9 Å². The molecule has 8 nitrogen and oxygen atoms in total. The molecule has 0 radical (unpaired) electrons. The minimum Gasteiger partial charge on any atom is -0.505 e. The summed E-state index contributed by atoms with van der Waals surface area (Å²) in [7, 11) is 1.43. The fourth-order valence-corrected chi connectivity index (χ4v) is 3.23. The van der Waals surface area contributed by atoms with Crippen LogP contribution >= 0.6 is 23.1 Å². The average molecular weight is 329 g/mol. The molecule has 3 N–H and O–H groups in total. The molecular weight excluding hydrogens is 318 g/mol. The smallest absolute Gasteiger partial charge is 0.322 e. The van der Waals surface area contributed by atoms with Crippen LogP contribution in [-0.2, 0) is 11.8 Å². The number of aromatic nitrogens is 2. The number of hydrogen-bond donors (Lipinski definition) is 3. The summed E-state index contributed by atoms with van der Waals surface area (Å²) in [6.45, 7) is -0.641. The number of carbonyl (C=O) groups excluding carboxylic acids is 1. The number of aryl methyl sites for hydroxylation is 1. The van der Waals surface area contributed by atoms with Gasteiger partial charge < -0.3 is 15.5 Å². The van der Waals surface area contributed by atoms with Gasteiger partial charge in [-0.2, -0.15) is 0 Å². The van der Waals surface area contributed by atoms with Crippen LogP contribution in [0.4, 0.5) is 0 Å². The van der Waals surface area contributed by atoms with E-state index >= 15 is 0 Å². The number of pyridine rings is 1. The lowest BCUT2D eigenvalue weighted by atomic mass is 10.2. The largest absolute Gasteiger partial charge is 0.505 e. The molecular formula is C11H11N3O5S2. The van der Waals surface area contributed by atoms with Crippen molar-refractivity contribution < 1.29 is 19.8 Å². The van der Waals surface area contributed by atoms with Gasteiger partial charge in [-0.15, -0.1) is 11.3 Å². The highest BCUT2D eigenvalue weighted by Crippen LogP contribution is 2.34. The number of nitrogens with zero attached hydrogens (tertiary/aromatic N) is 2. The van der Waals surface area contributed by atoms with Crippen LogP contribution in [0.2, 0.25) is 0 Å². The van der Waals surface area contributed by atoms with Crippen LogP contribution in [0, 0.1) is 0 Å². The van der Waals surface area contributed by atoms with Gasteiger partial charge in [0.25, 0.3) is 11.5 Å². The lowest BCUT2D eigenvalue weighted by Gasteiger charge is -2.07. The van der Waals surface area contributed by atoms with Crippen molar-refractivity contribution in [3.8, 4) is 5.75 Å². The molecule has 21 heavy (non-hydrogen) atoms. The summed E-state index contributed by atoms with van der Waals surface area (Å²) < 4.78 is 2.10. The Labute approximate surface area is 126 Å². The average Bonchev–Trinajstić information content (AvgIpc) is 2.87. The number of carboxylic acids is 1. The van der Waals surface area contributed by atoms with Gasteiger partial charge in [0.05, 0.1) is 0 Å². The highest BCUT2D eigenvalue weighted by atomic mass is 32.2. The standard InChI is InChI=1S/C11H11N3O5S2/c1-14-8-7(21-11(13-8)20-2)6(17)5(10(14)19)9(18)12-3-4(15)16/h17H,3H2,1-2H3,(H,12,18)(H,15,16). The molecule has 0 aliphatic heterocycles. The third kappa shape index (κ3) is 2.72. The van der Waals surface area contributed by atoms with Crippen molar-refractivity contribution in [3.63, 3.8) is 0 Å². The zero-order valence-corrected chi connectivity index (χ0v) is 12.7. The summed E-state index contributed by atoms with van der Waals surface area (Å²) >= 11 is 2.50. The van der Waals surface area contributed by atoms with Gasteiger partial charge in [0.1, 0.15) is 16.8 Å². The Bertz CT molecular complexity index is 795. The van der Waals surface area contributed by atoms with Gasteiger partial charge in [-0.1, -0.05) is 11.8 Å². The van der Waals surface area contributed by atoms with Crippen molar-refractivity contribution in [2.75, 3.05) is 12.8 Å². The first-order valence-corrected chi connectivity index (χ1v) is 7.67. The molecule has 0 aliphatic rings. The normalized spacial score (nSPS) is 10.8. The van der Waals surface area contributed by atoms with Crippen molar-refractivity contribution >= 4 is 45.3 Å². The van der Waals surface area contributed by atoms with Crippen LogP contribution in [0.3, 0.4) is 0 Å². The first-order chi connectivity index (χ1) is 9.86. The Kier molecular flexibility index (Phi) is 4.19. The third-order valence-corrected chi connectivity index (χ3v) is 4.72. The number of aromatic hydroxyl groups is 1. The zero-order chi connectivity index (χ0) is 15.7. The molecule has 0 unspecified atom stereocenters. The van der Waals surface area contributed by atoms with Gasteiger partial charge in [0.2, 0.25) is 0 Å². The van der Waals surface area contributed by atoms with E-state index in [4.69, 9.17) is 5.11 Å². The van der Waals surface area contributed by atoms with Crippen LogP contribution in [0.25, 0.3) is 10.3 Å². The number of fused-ring (bicyclic) bond motifs is 1. The van der Waals surface area contributed by atoms with Gasteiger partial charge in [-0.3, -0.25) is 19.0 Å². The summed E-state index contributed by atoms with van der Waals surface area (Å²) in [5, 5.41) is 20.7. The fraction of sp³-hybridized carbons (Fsp3) is 0.273. The zero-order valence-electron chi connectivity index (χ0n) is 11.0. The molecule has 0 atom stereocenters. The Morgan fingerprint density at radius 2 is 2.14 bits per heavy atom. The Balaban J connectivity index is 2.61. The molecule has 0 fully saturated rings. The summed E-state index contributed by atoms with van der Waals surface area (Å²) in [6.07, 6.45) is 1.80. The van der Waals surface area contributed by atoms with E-state index in [0.29, 0.717) is 9.04 Å². The summed E-state index contributed by atoms with van der Waals surface area (Å²) in [5.41, 5.74) is -0.940. The molecule has 1 amide bonds. The number of carbonyl (C=O) groups is 2. The molecule has 0 saturated heterocycles. The van der Waals surface area contributed by atoms with Crippen LogP contribution in [0.15, 0.2) is 9.13 Å². The number of amides is 1. The molecule has 2 heterocycles. The number of thiazole rings is 1. The highest BCUT2D eigenvalue weighted by molar-refractivity contribution is 8.00. The van der Waals surface area contributed by atoms with Gasteiger partial charge in [-0.05, 0) is 6.26 Å². The predicted octanol–water partition coefficient (Wildman–Crippen LogP) is 0.237. The second-order valence-corrected chi connectivity index (χ2v) is 6.05. The van der Waals surface area contributed by atoms with Gasteiger partial charge >= 0.3 is 5.97 Å². The van der Waals surface area contributed by atoms with E-state index in [1.54, 1.807) is 6.26 Å². The van der Waals surface area contributed by atoms with E-state index in [-0.39, 0.29) is 5.65 Å². The number of thioether (sulfide) groups is 1. The highest BCUT2D eigenvalue weighted by Gasteiger charge is 2.23. The summed E-state index contributed by atoms with van der Waals surface area (Å²) in [6, 6.07) is 0. The second-order valence-electron chi connectivity index (χ2n) is 4.00. The molecule has 2 rings (SSSR count). The molecule has 112 valence electrons. The maximum absolute atomic E-state index is 12.1. The topological polar surface area (TPSA) is 122 Å². The predicted molar refractivity (Wildman–Crippen MR) is 78.3 cm³/mol. The number of aliphatic carboxylic acids is 1. The second kappa shape index (κ2) is 5.74. The molecule has 0 spiro atoms. The minimum atomic E-state index is -1.25. The lowest BCUT2D eigenvalue weighted by molar-refractivity contribution is -0.135. The molecule has 0 bridgehead atoms. The molecule has 10 heteroatoms. The summed E-state index contributed by atoms with van der Waals surface area (Å²) in [5.74, 6) is -2.66. The molecule has 2 aromatic heterocycles. The Morgan fingerprint density at radius 1 is 1.48 bits per heavy atom. The minimum absolute atomic E-state index is 0.279. The Hall–Kier alpha value is -2.07. The SMILES string of the molecule is CSc1nc2c(s1)c(O)c(C(=O)NCC(=O)O)c(=O)n2C. The van der Waals surface area contributed by atoms with Crippen molar-refractivity contribution in [1.29, 1.82) is 0 Å². The first-order valence-electron chi connectivity index (χ1n) is 5.63. The number of carboxylic acid groups (broad SMARTS) is 1. The van der Waals surface area contributed by atoms with Crippen LogP contribution in [-0.4, -0.2) is 44.4 Å². The van der Waals surface area contributed by atoms with Gasteiger partial charge in [-0.25, -0.2) is 4.98 Å². The summed E-state index contributed by atoms with van der Waals surface area (Å²) in [4.78, 5) is 38.7. The fourth-order valence-electron chi connectivity index (χ4n) is 1.69. The number of hydrogen-bond acceptors (Lipinski definition) is 7. The molecule has 0 aliphatic carbocycles. The number of nitrogens with one attached hydrogen (secondary N) is 1. The van der Waals surface area contributed by atoms with E-state index in [2.05, 4.69) is 10.3 Å². The van der Waals surface area contributed by atoms with Crippen LogP contribution in [0.1, 0.15) is 10.4 Å². The molecule has 2 aromatic rings. The number of rotatable bonds is 4. The monoisotopic (exact) mass is 329 g/mol. The van der Waals surface area contributed by atoms with Crippen molar-refractivity contribution in [2.24, 2.45) is 7.05 Å². The van der Waals surface area contributed by atoms with Gasteiger partial charge in [0, 0.05) is 7.05 Å². The van der Waals surface area contributed by atoms with E-state index in [1.807, 2.05) is 0 Å². The van der Waals surface area contributed by atoms with E-state index in [1.165, 1.54) is 18.8 Å². The van der Waals surface area contributed by atoms with Crippen LogP contribution < -0.4 is 10.9 Å². The van der Waals surface area contributed by atoms with Crippen molar-refractivity contribution in [3.05, 3.63) is 15.9 Å². The maximum atomic E-state index is 12.1. The van der Waals surface area contributed by atoms with Crippen molar-refractivity contribution in [1.82, 2.24) is 14.9 Å². The molecule has 0 aromatic carbocycles. The first kappa shape index (κ1) is 15.3. The lowest BCUT2D eigenvalue weighted by Crippen LogP contribution is -2.35. The van der Waals surface area contributed by atoms with Gasteiger partial charge in [0.15, 0.2) is 15.7 Å². The Morgan fingerprint density at radius 3 is 2.71 bits per heavy atom.